The Bertz CT molecular complexity index is 844. The molecule has 170 valence electrons. The minimum absolute atomic E-state index is 0.0141. The maximum atomic E-state index is 12.3. The van der Waals surface area contributed by atoms with Gasteiger partial charge in [-0.2, -0.15) is 4.98 Å². The summed E-state index contributed by atoms with van der Waals surface area (Å²) >= 11 is 0. The summed E-state index contributed by atoms with van der Waals surface area (Å²) in [6.45, 7) is 7.46. The van der Waals surface area contributed by atoms with Gasteiger partial charge in [-0.05, 0) is 33.8 Å². The zero-order valence-electron chi connectivity index (χ0n) is 17.5. The molecule has 0 amide bonds. The third kappa shape index (κ3) is 6.59. The molecule has 1 aliphatic heterocycles. The maximum Gasteiger partial charge on any atom is 0.472 e. The largest absolute Gasteiger partial charge is 0.472 e. The number of carbonyl (C=O) groups is 1. The van der Waals surface area contributed by atoms with E-state index in [1.165, 1.54) is 19.2 Å². The predicted molar refractivity (Wildman–Crippen MR) is 104 cm³/mol. The van der Waals surface area contributed by atoms with Crippen molar-refractivity contribution in [2.24, 2.45) is 0 Å². The summed E-state index contributed by atoms with van der Waals surface area (Å²) in [5, 5.41) is 0. The van der Waals surface area contributed by atoms with E-state index >= 15 is 0 Å². The molecular weight excluding hydrogens is 421 g/mol. The number of esters is 1. The Morgan fingerprint density at radius 3 is 2.53 bits per heavy atom. The molecule has 1 saturated heterocycles. The molecule has 0 spiro atoms. The highest BCUT2D eigenvalue weighted by atomic mass is 31.2. The van der Waals surface area contributed by atoms with Gasteiger partial charge in [-0.1, -0.05) is 0 Å². The maximum absolute atomic E-state index is 12.3. The van der Waals surface area contributed by atoms with E-state index in [0.717, 1.165) is 4.57 Å². The van der Waals surface area contributed by atoms with Crippen molar-refractivity contribution < 1.29 is 37.5 Å². The van der Waals surface area contributed by atoms with Crippen molar-refractivity contribution in [3.8, 4) is 0 Å². The number of nitrogens with two attached hydrogens (primary N) is 1. The fourth-order valence-corrected chi connectivity index (χ4v) is 3.88. The molecule has 0 aromatic carbocycles. The van der Waals surface area contributed by atoms with Crippen molar-refractivity contribution in [1.82, 2.24) is 9.55 Å². The molecule has 0 bridgehead atoms. The van der Waals surface area contributed by atoms with Gasteiger partial charge in [0.1, 0.15) is 18.0 Å². The zero-order chi connectivity index (χ0) is 22.6. The molecule has 1 aliphatic rings. The molecule has 2 unspecified atom stereocenters. The zero-order valence-corrected chi connectivity index (χ0v) is 18.4. The lowest BCUT2D eigenvalue weighted by atomic mass is 10.1. The van der Waals surface area contributed by atoms with Gasteiger partial charge in [-0.25, -0.2) is 9.36 Å². The van der Waals surface area contributed by atoms with Crippen LogP contribution in [0.2, 0.25) is 0 Å². The Hall–Kier alpha value is -1.82. The average Bonchev–Trinajstić information content (AvgIpc) is 2.88. The molecule has 1 aromatic rings. The van der Waals surface area contributed by atoms with E-state index in [9.17, 15) is 19.0 Å². The van der Waals surface area contributed by atoms with Crippen LogP contribution in [-0.2, 0) is 32.6 Å². The molecule has 0 aliphatic carbocycles. The Balaban J connectivity index is 2.34. The third-order valence-corrected chi connectivity index (χ3v) is 5.05. The first-order valence-corrected chi connectivity index (χ1v) is 10.9. The smallest absolute Gasteiger partial charge is 0.455 e. The summed E-state index contributed by atoms with van der Waals surface area (Å²) in [5.41, 5.74) is 4.81. The number of nitrogen functional groups attached to an aromatic ring is 1. The van der Waals surface area contributed by atoms with Crippen LogP contribution in [0.4, 0.5) is 5.82 Å². The van der Waals surface area contributed by atoms with Gasteiger partial charge in [0.25, 0.3) is 0 Å². The molecule has 5 atom stereocenters. The molecule has 13 heteroatoms. The first kappa shape index (κ1) is 24.4. The van der Waals surface area contributed by atoms with Gasteiger partial charge in [0.05, 0.1) is 18.8 Å². The first-order valence-electron chi connectivity index (χ1n) is 9.38. The molecule has 0 radical (unpaired) electrons. The van der Waals surface area contributed by atoms with Crippen LogP contribution < -0.4 is 11.4 Å². The van der Waals surface area contributed by atoms with E-state index in [4.69, 9.17) is 29.0 Å². The molecule has 30 heavy (non-hydrogen) atoms. The predicted octanol–water partition coefficient (Wildman–Crippen LogP) is 0.990. The van der Waals surface area contributed by atoms with Crippen LogP contribution in [0.25, 0.3) is 0 Å². The lowest BCUT2D eigenvalue weighted by Crippen LogP contribution is -2.42. The molecular formula is C17H28N3O9P. The monoisotopic (exact) mass is 449 g/mol. The minimum atomic E-state index is -4.36. The van der Waals surface area contributed by atoms with Crippen LogP contribution in [0.3, 0.4) is 0 Å². The standard InChI is InChI=1S/C17H28N3O9P/c1-9(2)26-14-12(8-25-30(23,24)29-10(3)4)28-16(15(14)27-11(5)21)20-7-6-13(18)19-17(20)22/h6-7,9-10,12,14-16H,8H2,1-5H3,(H,23,24)(H2,18,19,22)/t12-,14?,15+,16-/m1/s1. The van der Waals surface area contributed by atoms with Gasteiger partial charge < -0.3 is 24.8 Å². The molecule has 1 fully saturated rings. The highest BCUT2D eigenvalue weighted by molar-refractivity contribution is 7.47. The van der Waals surface area contributed by atoms with Gasteiger partial charge in [0.15, 0.2) is 12.3 Å². The number of carbonyl (C=O) groups excluding carboxylic acids is 1. The van der Waals surface area contributed by atoms with Gasteiger partial charge in [-0.15, -0.1) is 0 Å². The Morgan fingerprint density at radius 2 is 2.00 bits per heavy atom. The Labute approximate surface area is 173 Å². The molecule has 1 aromatic heterocycles. The third-order valence-electron chi connectivity index (χ3n) is 3.89. The van der Waals surface area contributed by atoms with E-state index in [-0.39, 0.29) is 11.9 Å². The van der Waals surface area contributed by atoms with Crippen LogP contribution in [0.1, 0.15) is 40.8 Å². The summed E-state index contributed by atoms with van der Waals surface area (Å²) in [5.74, 6) is -0.611. The van der Waals surface area contributed by atoms with Crippen LogP contribution >= 0.6 is 7.82 Å². The minimum Gasteiger partial charge on any atom is -0.455 e. The second-order valence-electron chi connectivity index (χ2n) is 7.25. The van der Waals surface area contributed by atoms with E-state index in [1.807, 2.05) is 0 Å². The lowest BCUT2D eigenvalue weighted by molar-refractivity contribution is -0.159. The number of hydrogen-bond acceptors (Lipinski definition) is 10. The van der Waals surface area contributed by atoms with Gasteiger partial charge in [-0.3, -0.25) is 18.4 Å². The van der Waals surface area contributed by atoms with Crippen molar-refractivity contribution in [1.29, 1.82) is 0 Å². The van der Waals surface area contributed by atoms with E-state index in [2.05, 4.69) is 4.98 Å². The highest BCUT2D eigenvalue weighted by Gasteiger charge is 2.50. The van der Waals surface area contributed by atoms with Gasteiger partial charge >= 0.3 is 19.5 Å². The van der Waals surface area contributed by atoms with Crippen molar-refractivity contribution in [2.45, 2.75) is 71.4 Å². The molecule has 3 N–H and O–H groups in total. The van der Waals surface area contributed by atoms with Gasteiger partial charge in [0.2, 0.25) is 0 Å². The number of nitrogens with zero attached hydrogens (tertiary/aromatic N) is 2. The number of phosphoric acid groups is 1. The van der Waals surface area contributed by atoms with Gasteiger partial charge in [0, 0.05) is 13.1 Å². The number of aromatic nitrogens is 2. The van der Waals surface area contributed by atoms with Crippen molar-refractivity contribution >= 4 is 19.6 Å². The summed E-state index contributed by atoms with van der Waals surface area (Å²) in [6.07, 6.45) is -3.53. The number of hydrogen-bond donors (Lipinski definition) is 2. The molecule has 2 heterocycles. The van der Waals surface area contributed by atoms with E-state index in [1.54, 1.807) is 27.7 Å². The average molecular weight is 449 g/mol. The number of phosphoric ester groups is 1. The Morgan fingerprint density at radius 1 is 1.33 bits per heavy atom. The van der Waals surface area contributed by atoms with Crippen molar-refractivity contribution in [3.05, 3.63) is 22.7 Å². The number of ether oxygens (including phenoxy) is 3. The number of anilines is 1. The van der Waals surface area contributed by atoms with Crippen LogP contribution in [0.5, 0.6) is 0 Å². The highest BCUT2D eigenvalue weighted by Crippen LogP contribution is 2.46. The second kappa shape index (κ2) is 9.99. The Kier molecular flexibility index (Phi) is 8.14. The molecule has 12 nitrogen and oxygen atoms in total. The lowest BCUT2D eigenvalue weighted by Gasteiger charge is -2.26. The molecule has 2 rings (SSSR count). The van der Waals surface area contributed by atoms with Crippen LogP contribution in [-0.4, -0.2) is 57.5 Å². The van der Waals surface area contributed by atoms with E-state index < -0.39 is 56.7 Å². The SMILES string of the molecule is CC(=O)O[C@H]1C(OC(C)C)[C@@H](COP(=O)(O)OC(C)C)O[C@H]1n1ccc(N)nc1=O. The summed E-state index contributed by atoms with van der Waals surface area (Å²) in [6, 6.07) is 1.39. The van der Waals surface area contributed by atoms with E-state index in [0.29, 0.717) is 0 Å². The second-order valence-corrected chi connectivity index (χ2v) is 8.66. The summed E-state index contributed by atoms with van der Waals surface area (Å²) < 4.78 is 40.2. The molecule has 0 saturated carbocycles. The summed E-state index contributed by atoms with van der Waals surface area (Å²) in [4.78, 5) is 37.5. The quantitative estimate of drug-likeness (QED) is 0.408. The fourth-order valence-electron chi connectivity index (χ4n) is 2.95. The van der Waals surface area contributed by atoms with Crippen molar-refractivity contribution in [2.75, 3.05) is 12.3 Å². The van der Waals surface area contributed by atoms with Crippen molar-refractivity contribution in [3.63, 3.8) is 0 Å². The topological polar surface area (TPSA) is 161 Å². The van der Waals surface area contributed by atoms with Crippen LogP contribution in [0.15, 0.2) is 17.1 Å². The normalized spacial score (nSPS) is 26.1. The first-order chi connectivity index (χ1) is 13.9. The number of rotatable bonds is 9. The summed E-state index contributed by atoms with van der Waals surface area (Å²) in [7, 11) is -4.36. The van der Waals surface area contributed by atoms with Crippen LogP contribution in [0, 0.1) is 0 Å². The fraction of sp³-hybridized carbons (Fsp3) is 0.706.